The number of benzene rings is 1. The molecule has 1 aliphatic heterocycles. The summed E-state index contributed by atoms with van der Waals surface area (Å²) in [4.78, 5) is 14.8. The van der Waals surface area contributed by atoms with Crippen LogP contribution in [0.4, 0.5) is 0 Å². The molecule has 1 N–H and O–H groups in total. The summed E-state index contributed by atoms with van der Waals surface area (Å²) in [5.41, 5.74) is 2.21. The molecule has 0 radical (unpaired) electrons. The van der Waals surface area contributed by atoms with E-state index in [1.165, 1.54) is 5.56 Å². The molecule has 4 rings (SSSR count). The first kappa shape index (κ1) is 16.9. The third kappa shape index (κ3) is 2.64. The predicted molar refractivity (Wildman–Crippen MR) is 94.2 cm³/mol. The maximum absolute atomic E-state index is 12.4. The minimum Gasteiger partial charge on any atom is -0.508 e. The van der Waals surface area contributed by atoms with E-state index >= 15 is 0 Å². The lowest BCUT2D eigenvalue weighted by molar-refractivity contribution is -0.126. The minimum absolute atomic E-state index is 0.127. The smallest absolute Gasteiger partial charge is 0.133 e. The number of carbonyl (C=O) groups excluding carboxylic acids is 1. The zero-order chi connectivity index (χ0) is 17.6. The Labute approximate surface area is 148 Å². The topological polar surface area (TPSA) is 59.0 Å². The summed E-state index contributed by atoms with van der Waals surface area (Å²) in [7, 11) is 3.85. The SMILES string of the molecule is COCCOc1cc(O)cc2c1CC1[C@@H]3CCC(=O)C[C@]23CCN1C. The first-order valence-corrected chi connectivity index (χ1v) is 9.25. The quantitative estimate of drug-likeness (QED) is 0.849. The first-order valence-electron chi connectivity index (χ1n) is 9.25. The van der Waals surface area contributed by atoms with Crippen LogP contribution in [0.2, 0.25) is 0 Å². The Morgan fingerprint density at radius 3 is 3.00 bits per heavy atom. The van der Waals surface area contributed by atoms with Crippen LogP contribution in [0.15, 0.2) is 12.1 Å². The molecule has 1 saturated carbocycles. The van der Waals surface area contributed by atoms with E-state index in [2.05, 4.69) is 11.9 Å². The molecule has 1 unspecified atom stereocenters. The molecule has 1 aromatic carbocycles. The number of piperidine rings is 1. The number of phenols is 1. The average Bonchev–Trinajstić information content (AvgIpc) is 2.58. The second kappa shape index (κ2) is 6.29. The highest BCUT2D eigenvalue weighted by Gasteiger charge is 2.55. The first-order chi connectivity index (χ1) is 12.0. The number of phenolic OH excluding ortho intramolecular Hbond substituents is 1. The van der Waals surface area contributed by atoms with Crippen LogP contribution in [0.25, 0.3) is 0 Å². The van der Waals surface area contributed by atoms with Crippen LogP contribution in [0.5, 0.6) is 11.5 Å². The van der Waals surface area contributed by atoms with Crippen molar-refractivity contribution in [3.05, 3.63) is 23.3 Å². The van der Waals surface area contributed by atoms with Crippen LogP contribution in [0.3, 0.4) is 0 Å². The number of methoxy groups -OCH3 is 1. The van der Waals surface area contributed by atoms with Gasteiger partial charge in [0.05, 0.1) is 6.61 Å². The number of ether oxygens (including phenoxy) is 2. The van der Waals surface area contributed by atoms with Gasteiger partial charge in [-0.1, -0.05) is 0 Å². The molecule has 1 saturated heterocycles. The summed E-state index contributed by atoms with van der Waals surface area (Å²) in [6, 6.07) is 4.06. The molecule has 25 heavy (non-hydrogen) atoms. The molecule has 0 aromatic heterocycles. The van der Waals surface area contributed by atoms with Crippen molar-refractivity contribution in [3.63, 3.8) is 0 Å². The number of ketones is 1. The van der Waals surface area contributed by atoms with Crippen molar-refractivity contribution in [2.75, 3.05) is 33.9 Å². The highest BCUT2D eigenvalue weighted by atomic mass is 16.5. The van der Waals surface area contributed by atoms with Crippen molar-refractivity contribution in [1.82, 2.24) is 4.90 Å². The molecular weight excluding hydrogens is 318 g/mol. The second-order valence-corrected chi connectivity index (χ2v) is 7.83. The van der Waals surface area contributed by atoms with Gasteiger partial charge in [-0.05, 0) is 56.0 Å². The van der Waals surface area contributed by atoms with Crippen molar-refractivity contribution in [2.24, 2.45) is 5.92 Å². The molecule has 5 heteroatoms. The second-order valence-electron chi connectivity index (χ2n) is 7.83. The molecule has 2 fully saturated rings. The molecule has 2 bridgehead atoms. The largest absolute Gasteiger partial charge is 0.508 e. The van der Waals surface area contributed by atoms with Gasteiger partial charge >= 0.3 is 0 Å². The van der Waals surface area contributed by atoms with Crippen LogP contribution >= 0.6 is 0 Å². The summed E-state index contributed by atoms with van der Waals surface area (Å²) in [6.45, 7) is 1.98. The molecule has 5 nitrogen and oxygen atoms in total. The Morgan fingerprint density at radius 1 is 1.36 bits per heavy atom. The van der Waals surface area contributed by atoms with Gasteiger partial charge in [0, 0.05) is 37.5 Å². The van der Waals surface area contributed by atoms with Crippen LogP contribution in [-0.2, 0) is 21.4 Å². The van der Waals surface area contributed by atoms with Gasteiger partial charge in [-0.2, -0.15) is 0 Å². The van der Waals surface area contributed by atoms with Gasteiger partial charge < -0.3 is 19.5 Å². The Morgan fingerprint density at radius 2 is 2.20 bits per heavy atom. The molecular formula is C20H27NO4. The maximum Gasteiger partial charge on any atom is 0.133 e. The van der Waals surface area contributed by atoms with Gasteiger partial charge in [0.25, 0.3) is 0 Å². The molecule has 1 aromatic rings. The van der Waals surface area contributed by atoms with Crippen LogP contribution in [-0.4, -0.2) is 55.7 Å². The number of aromatic hydroxyl groups is 1. The van der Waals surface area contributed by atoms with Crippen LogP contribution in [0, 0.1) is 5.92 Å². The van der Waals surface area contributed by atoms with Crippen molar-refractivity contribution in [1.29, 1.82) is 0 Å². The van der Waals surface area contributed by atoms with Crippen molar-refractivity contribution < 1.29 is 19.4 Å². The van der Waals surface area contributed by atoms with E-state index in [9.17, 15) is 9.90 Å². The third-order valence-corrected chi connectivity index (χ3v) is 6.59. The number of fused-ring (bicyclic) bond motifs is 1. The number of rotatable bonds is 4. The highest BCUT2D eigenvalue weighted by Crippen LogP contribution is 2.56. The van der Waals surface area contributed by atoms with Crippen LogP contribution < -0.4 is 4.74 Å². The lowest BCUT2D eigenvalue weighted by Gasteiger charge is -2.58. The Hall–Kier alpha value is -1.59. The zero-order valence-corrected chi connectivity index (χ0v) is 15.1. The lowest BCUT2D eigenvalue weighted by Crippen LogP contribution is -2.60. The van der Waals surface area contributed by atoms with Gasteiger partial charge in [-0.15, -0.1) is 0 Å². The molecule has 2 aliphatic carbocycles. The Bertz CT molecular complexity index is 689. The van der Waals surface area contributed by atoms with Gasteiger partial charge in [0.15, 0.2) is 0 Å². The third-order valence-electron chi connectivity index (χ3n) is 6.59. The fourth-order valence-corrected chi connectivity index (χ4v) is 5.43. The van der Waals surface area contributed by atoms with Gasteiger partial charge in [-0.3, -0.25) is 4.79 Å². The summed E-state index contributed by atoms with van der Waals surface area (Å²) in [5, 5.41) is 10.3. The number of hydrogen-bond donors (Lipinski definition) is 1. The number of Topliss-reactive ketones (excluding diaryl/α,β-unsaturated/α-hetero) is 1. The summed E-state index contributed by atoms with van der Waals surface area (Å²) in [5.74, 6) is 1.83. The number of nitrogens with zero attached hydrogens (tertiary/aromatic N) is 1. The Kier molecular flexibility index (Phi) is 4.24. The Balaban J connectivity index is 1.81. The van der Waals surface area contributed by atoms with E-state index in [4.69, 9.17) is 9.47 Å². The zero-order valence-electron chi connectivity index (χ0n) is 15.1. The van der Waals surface area contributed by atoms with E-state index in [-0.39, 0.29) is 11.2 Å². The van der Waals surface area contributed by atoms with Crippen molar-refractivity contribution in [2.45, 2.75) is 43.6 Å². The van der Waals surface area contributed by atoms with E-state index in [0.29, 0.717) is 43.8 Å². The summed E-state index contributed by atoms with van der Waals surface area (Å²) in [6.07, 6.45) is 4.17. The number of likely N-dealkylation sites (tertiary alicyclic amines) is 1. The van der Waals surface area contributed by atoms with E-state index < -0.39 is 0 Å². The predicted octanol–water partition coefficient (Wildman–Crippen LogP) is 2.28. The number of hydrogen-bond acceptors (Lipinski definition) is 5. The monoisotopic (exact) mass is 345 g/mol. The molecule has 0 spiro atoms. The highest BCUT2D eigenvalue weighted by molar-refractivity contribution is 5.82. The van der Waals surface area contributed by atoms with Gasteiger partial charge in [0.1, 0.15) is 23.9 Å². The molecule has 3 atom stereocenters. The van der Waals surface area contributed by atoms with Gasteiger partial charge in [0.2, 0.25) is 0 Å². The fraction of sp³-hybridized carbons (Fsp3) is 0.650. The normalized spacial score (nSPS) is 31.4. The van der Waals surface area contributed by atoms with E-state index in [1.54, 1.807) is 13.2 Å². The summed E-state index contributed by atoms with van der Waals surface area (Å²) >= 11 is 0. The molecule has 136 valence electrons. The van der Waals surface area contributed by atoms with E-state index in [1.807, 2.05) is 6.07 Å². The summed E-state index contributed by atoms with van der Waals surface area (Å²) < 4.78 is 11.0. The molecule has 1 heterocycles. The standard InChI is InChI=1S/C20H27NO4/c1-21-6-5-20-12-13(22)3-4-16(20)18(21)11-15-17(20)9-14(23)10-19(15)25-8-7-24-2/h9-10,16,18,23H,3-8,11-12H2,1-2H3/t16-,18?,20-/m0/s1. The lowest BCUT2D eigenvalue weighted by atomic mass is 9.52. The van der Waals surface area contributed by atoms with Crippen molar-refractivity contribution >= 4 is 5.78 Å². The molecule has 0 amide bonds. The number of likely N-dealkylation sites (N-methyl/N-ethyl adjacent to an activating group) is 1. The minimum atomic E-state index is -0.127. The fourth-order valence-electron chi connectivity index (χ4n) is 5.43. The number of carbonyl (C=O) groups is 1. The molecule has 3 aliphatic rings. The van der Waals surface area contributed by atoms with Crippen molar-refractivity contribution in [3.8, 4) is 11.5 Å². The van der Waals surface area contributed by atoms with Crippen LogP contribution in [0.1, 0.15) is 36.8 Å². The average molecular weight is 345 g/mol. The van der Waals surface area contributed by atoms with E-state index in [0.717, 1.165) is 37.1 Å². The maximum atomic E-state index is 12.4. The van der Waals surface area contributed by atoms with Gasteiger partial charge in [-0.25, -0.2) is 0 Å².